The zero-order valence-electron chi connectivity index (χ0n) is 16.4. The van der Waals surface area contributed by atoms with Gasteiger partial charge in [0.15, 0.2) is 10.4 Å². The van der Waals surface area contributed by atoms with Crippen LogP contribution in [0.25, 0.3) is 0 Å². The lowest BCUT2D eigenvalue weighted by molar-refractivity contribution is -0.126. The van der Waals surface area contributed by atoms with Crippen molar-refractivity contribution < 1.29 is 14.0 Å². The van der Waals surface area contributed by atoms with Crippen LogP contribution in [0.2, 0.25) is 0 Å². The number of likely N-dealkylation sites (tertiary alicyclic amines) is 1. The van der Waals surface area contributed by atoms with Crippen LogP contribution in [-0.2, 0) is 4.79 Å². The fourth-order valence-electron chi connectivity index (χ4n) is 3.53. The normalized spacial score (nSPS) is 16.2. The van der Waals surface area contributed by atoms with Gasteiger partial charge in [-0.2, -0.15) is 0 Å². The van der Waals surface area contributed by atoms with Crippen molar-refractivity contribution in [3.63, 3.8) is 0 Å². The van der Waals surface area contributed by atoms with E-state index in [2.05, 4.69) is 40.0 Å². The first-order valence-electron chi connectivity index (χ1n) is 9.07. The number of nitrogens with one attached hydrogen (secondary N) is 1. The fraction of sp³-hybridized carbons (Fsp3) is 0.684. The molecule has 2 amide bonds. The molecule has 1 saturated heterocycles. The summed E-state index contributed by atoms with van der Waals surface area (Å²) in [6, 6.07) is 1.79. The molecule has 0 radical (unpaired) electrons. The van der Waals surface area contributed by atoms with E-state index in [0.29, 0.717) is 42.9 Å². The summed E-state index contributed by atoms with van der Waals surface area (Å²) in [6.07, 6.45) is 1.37. The second kappa shape index (κ2) is 8.57. The third-order valence-electron chi connectivity index (χ3n) is 4.72. The molecule has 1 aromatic rings. The molecule has 1 aliphatic heterocycles. The van der Waals surface area contributed by atoms with Crippen LogP contribution in [0.1, 0.15) is 42.8 Å². The highest BCUT2D eigenvalue weighted by Gasteiger charge is 2.30. The minimum absolute atomic E-state index is 0.0278. The molecule has 2 heterocycles. The van der Waals surface area contributed by atoms with Crippen molar-refractivity contribution in [3.05, 3.63) is 22.1 Å². The van der Waals surface area contributed by atoms with Gasteiger partial charge in [0.2, 0.25) is 5.91 Å². The molecule has 146 valence electrons. The van der Waals surface area contributed by atoms with Crippen molar-refractivity contribution in [2.24, 2.45) is 11.3 Å². The largest absolute Gasteiger partial charge is 0.444 e. The second-order valence-corrected chi connectivity index (χ2v) is 9.03. The molecule has 0 bridgehead atoms. The van der Waals surface area contributed by atoms with Crippen molar-refractivity contribution in [2.75, 3.05) is 40.3 Å². The highest BCUT2D eigenvalue weighted by molar-refractivity contribution is 9.10. The lowest BCUT2D eigenvalue weighted by Gasteiger charge is -2.32. The number of halogens is 1. The van der Waals surface area contributed by atoms with E-state index in [9.17, 15) is 9.59 Å². The van der Waals surface area contributed by atoms with E-state index in [-0.39, 0.29) is 23.1 Å². The Hall–Kier alpha value is -1.34. The molecule has 7 heteroatoms. The molecular formula is C19H30BrN3O3. The average Bonchev–Trinajstić information content (AvgIpc) is 2.89. The van der Waals surface area contributed by atoms with E-state index in [4.69, 9.17) is 4.42 Å². The van der Waals surface area contributed by atoms with E-state index >= 15 is 0 Å². The third kappa shape index (κ3) is 5.58. The van der Waals surface area contributed by atoms with Gasteiger partial charge in [-0.3, -0.25) is 9.59 Å². The van der Waals surface area contributed by atoms with Crippen molar-refractivity contribution >= 4 is 27.7 Å². The van der Waals surface area contributed by atoms with Crippen LogP contribution in [0.5, 0.6) is 0 Å². The molecule has 0 spiro atoms. The number of carbonyl (C=O) groups is 2. The molecule has 26 heavy (non-hydrogen) atoms. The molecule has 0 aromatic carbocycles. The maximum Gasteiger partial charge on any atom is 0.289 e. The van der Waals surface area contributed by atoms with Crippen molar-refractivity contribution in [1.82, 2.24) is 15.1 Å². The molecule has 1 N–H and O–H groups in total. The highest BCUT2D eigenvalue weighted by atomic mass is 79.9. The van der Waals surface area contributed by atoms with Crippen LogP contribution < -0.4 is 5.32 Å². The first kappa shape index (κ1) is 21.0. The summed E-state index contributed by atoms with van der Waals surface area (Å²) in [4.78, 5) is 29.0. The summed E-state index contributed by atoms with van der Waals surface area (Å²) < 4.78 is 6.02. The van der Waals surface area contributed by atoms with Crippen molar-refractivity contribution in [1.29, 1.82) is 0 Å². The zero-order chi connectivity index (χ0) is 19.5. The molecule has 2 rings (SSSR count). The van der Waals surface area contributed by atoms with Gasteiger partial charge in [-0.05, 0) is 61.3 Å². The molecule has 1 aromatic heterocycles. The van der Waals surface area contributed by atoms with Gasteiger partial charge in [0.25, 0.3) is 5.91 Å². The number of furan rings is 1. The summed E-state index contributed by atoms with van der Waals surface area (Å²) in [5, 5.41) is 3.09. The molecular weight excluding hydrogens is 398 g/mol. The van der Waals surface area contributed by atoms with Crippen LogP contribution in [0.4, 0.5) is 0 Å². The van der Waals surface area contributed by atoms with Gasteiger partial charge in [0.1, 0.15) is 0 Å². The topological polar surface area (TPSA) is 65.8 Å². The standard InChI is InChI=1S/C19H30BrN3O3/c1-13-10-15(20)26-16(13)18(25)23-8-6-14(7-9-23)17(24)21-11-19(2,3)12-22(4)5/h10,14H,6-9,11-12H2,1-5H3,(H,21,24). The molecule has 0 atom stereocenters. The monoisotopic (exact) mass is 427 g/mol. The zero-order valence-corrected chi connectivity index (χ0v) is 18.0. The van der Waals surface area contributed by atoms with E-state index in [0.717, 1.165) is 12.1 Å². The Bertz CT molecular complexity index is 646. The predicted molar refractivity (Wildman–Crippen MR) is 105 cm³/mol. The minimum Gasteiger partial charge on any atom is -0.444 e. The fourth-order valence-corrected chi connectivity index (χ4v) is 4.03. The Balaban J connectivity index is 1.83. The van der Waals surface area contributed by atoms with Crippen molar-refractivity contribution in [3.8, 4) is 0 Å². The van der Waals surface area contributed by atoms with E-state index < -0.39 is 0 Å². The molecule has 0 aliphatic carbocycles. The molecule has 1 aliphatic rings. The highest BCUT2D eigenvalue weighted by Crippen LogP contribution is 2.24. The lowest BCUT2D eigenvalue weighted by Crippen LogP contribution is -2.46. The Labute approximate surface area is 164 Å². The number of rotatable bonds is 6. The Morgan fingerprint density at radius 2 is 1.96 bits per heavy atom. The number of carbonyl (C=O) groups excluding carboxylic acids is 2. The summed E-state index contributed by atoms with van der Waals surface area (Å²) in [5.74, 6) is 0.351. The number of hydrogen-bond donors (Lipinski definition) is 1. The number of nitrogens with zero attached hydrogens (tertiary/aromatic N) is 2. The van der Waals surface area contributed by atoms with Crippen LogP contribution >= 0.6 is 15.9 Å². The lowest BCUT2D eigenvalue weighted by atomic mass is 9.91. The number of amides is 2. The predicted octanol–water partition coefficient (Wildman–Crippen LogP) is 2.91. The molecule has 6 nitrogen and oxygen atoms in total. The first-order chi connectivity index (χ1) is 12.1. The summed E-state index contributed by atoms with van der Waals surface area (Å²) in [7, 11) is 4.07. The van der Waals surface area contributed by atoms with Crippen molar-refractivity contribution in [2.45, 2.75) is 33.6 Å². The SMILES string of the molecule is Cc1cc(Br)oc1C(=O)N1CCC(C(=O)NCC(C)(C)CN(C)C)CC1. The van der Waals surface area contributed by atoms with Crippen LogP contribution in [0.15, 0.2) is 15.2 Å². The second-order valence-electron chi connectivity index (χ2n) is 8.25. The van der Waals surface area contributed by atoms with E-state index in [1.165, 1.54) is 0 Å². The quantitative estimate of drug-likeness (QED) is 0.757. The smallest absolute Gasteiger partial charge is 0.289 e. The molecule has 0 unspecified atom stereocenters. The minimum atomic E-state index is -0.0980. The van der Waals surface area contributed by atoms with E-state index in [1.807, 2.05) is 21.0 Å². The first-order valence-corrected chi connectivity index (χ1v) is 9.86. The molecule has 0 saturated carbocycles. The van der Waals surface area contributed by atoms with Gasteiger partial charge >= 0.3 is 0 Å². The van der Waals surface area contributed by atoms with E-state index in [1.54, 1.807) is 11.0 Å². The number of aryl methyl sites for hydroxylation is 1. The van der Waals surface area contributed by atoms with Crippen LogP contribution in [0, 0.1) is 18.3 Å². The maximum atomic E-state index is 12.6. The Kier molecular flexibility index (Phi) is 6.91. The Morgan fingerprint density at radius 3 is 2.46 bits per heavy atom. The van der Waals surface area contributed by atoms with Gasteiger partial charge in [-0.1, -0.05) is 13.8 Å². The van der Waals surface area contributed by atoms with Gasteiger partial charge in [-0.25, -0.2) is 0 Å². The average molecular weight is 428 g/mol. The van der Waals surface area contributed by atoms with Crippen LogP contribution in [-0.4, -0.2) is 61.9 Å². The van der Waals surface area contributed by atoms with Gasteiger partial charge in [0.05, 0.1) is 0 Å². The maximum absolute atomic E-state index is 12.6. The van der Waals surface area contributed by atoms with Gasteiger partial charge < -0.3 is 19.5 Å². The van der Waals surface area contributed by atoms with Gasteiger partial charge in [-0.15, -0.1) is 0 Å². The summed E-state index contributed by atoms with van der Waals surface area (Å²) >= 11 is 3.26. The number of piperidine rings is 1. The summed E-state index contributed by atoms with van der Waals surface area (Å²) in [5.41, 5.74) is 0.852. The third-order valence-corrected chi connectivity index (χ3v) is 5.11. The van der Waals surface area contributed by atoms with Gasteiger partial charge in [0, 0.05) is 37.7 Å². The number of hydrogen-bond acceptors (Lipinski definition) is 4. The van der Waals surface area contributed by atoms with Crippen LogP contribution in [0.3, 0.4) is 0 Å². The Morgan fingerprint density at radius 1 is 1.35 bits per heavy atom. The molecule has 1 fully saturated rings. The summed E-state index contributed by atoms with van der Waals surface area (Å²) in [6.45, 7) is 8.89.